The summed E-state index contributed by atoms with van der Waals surface area (Å²) >= 11 is 1.40. The van der Waals surface area contributed by atoms with Gasteiger partial charge in [-0.25, -0.2) is 9.67 Å². The molecule has 0 atom stereocenters. The molecule has 30 heavy (non-hydrogen) atoms. The summed E-state index contributed by atoms with van der Waals surface area (Å²) < 4.78 is 1.77. The van der Waals surface area contributed by atoms with Gasteiger partial charge in [-0.2, -0.15) is 5.10 Å². The highest BCUT2D eigenvalue weighted by Gasteiger charge is 2.17. The van der Waals surface area contributed by atoms with Crippen LogP contribution in [0.2, 0.25) is 0 Å². The molecule has 7 nitrogen and oxygen atoms in total. The molecule has 0 saturated heterocycles. The molecule has 2 aromatic heterocycles. The third-order valence-corrected chi connectivity index (χ3v) is 5.44. The Morgan fingerprint density at radius 2 is 1.93 bits per heavy atom. The molecular formula is C22H19N5O2S. The fourth-order valence-electron chi connectivity index (χ4n) is 3.02. The molecule has 4 rings (SSSR count). The molecule has 2 heterocycles. The number of nitrogens with two attached hydrogens (primary N) is 1. The van der Waals surface area contributed by atoms with Crippen molar-refractivity contribution in [2.24, 2.45) is 5.73 Å². The van der Waals surface area contributed by atoms with Crippen LogP contribution in [-0.2, 0) is 6.54 Å². The Morgan fingerprint density at radius 3 is 2.70 bits per heavy atom. The summed E-state index contributed by atoms with van der Waals surface area (Å²) in [6.07, 6.45) is 3.63. The maximum absolute atomic E-state index is 12.8. The van der Waals surface area contributed by atoms with Gasteiger partial charge in [-0.15, -0.1) is 11.3 Å². The van der Waals surface area contributed by atoms with E-state index in [-0.39, 0.29) is 5.91 Å². The van der Waals surface area contributed by atoms with E-state index in [0.717, 1.165) is 21.8 Å². The lowest BCUT2D eigenvalue weighted by atomic mass is 10.1. The van der Waals surface area contributed by atoms with Gasteiger partial charge in [-0.1, -0.05) is 30.3 Å². The smallest absolute Gasteiger partial charge is 0.273 e. The predicted octanol–water partition coefficient (Wildman–Crippen LogP) is 3.37. The lowest BCUT2D eigenvalue weighted by Crippen LogP contribution is -2.26. The first-order valence-corrected chi connectivity index (χ1v) is 10.1. The number of rotatable bonds is 6. The molecule has 0 fully saturated rings. The fraction of sp³-hybridized carbons (Fsp3) is 0.0909. The Hall–Kier alpha value is -3.78. The number of primary amides is 1. The number of nitrogens with zero attached hydrogens (tertiary/aromatic N) is 4. The van der Waals surface area contributed by atoms with Crippen molar-refractivity contribution >= 4 is 23.2 Å². The van der Waals surface area contributed by atoms with Gasteiger partial charge >= 0.3 is 0 Å². The van der Waals surface area contributed by atoms with E-state index >= 15 is 0 Å². The third-order valence-electron chi connectivity index (χ3n) is 4.55. The standard InChI is InChI=1S/C22H19N5O2S/c1-26(12-15-6-5-7-16(10-15)20(23)28)22(29)19-14-30-21(25-19)17-11-24-27(13-17)18-8-3-2-4-9-18/h2-11,13-14H,12H2,1H3,(H2,23,28). The molecular weight excluding hydrogens is 398 g/mol. The van der Waals surface area contributed by atoms with Crippen LogP contribution in [0.4, 0.5) is 0 Å². The second-order valence-electron chi connectivity index (χ2n) is 6.77. The average Bonchev–Trinajstić information content (AvgIpc) is 3.44. The van der Waals surface area contributed by atoms with Gasteiger partial charge in [0.05, 0.1) is 11.9 Å². The van der Waals surface area contributed by atoms with Crippen molar-refractivity contribution in [2.45, 2.75) is 6.54 Å². The number of para-hydroxylation sites is 1. The molecule has 8 heteroatoms. The quantitative estimate of drug-likeness (QED) is 0.520. The molecule has 150 valence electrons. The zero-order valence-electron chi connectivity index (χ0n) is 16.2. The van der Waals surface area contributed by atoms with Crippen molar-refractivity contribution in [3.05, 3.63) is 89.2 Å². The molecule has 0 aliphatic rings. The molecule has 0 aliphatic heterocycles. The van der Waals surface area contributed by atoms with Crippen molar-refractivity contribution in [1.82, 2.24) is 19.7 Å². The highest BCUT2D eigenvalue weighted by Crippen LogP contribution is 2.25. The molecule has 0 saturated carbocycles. The number of amides is 2. The van der Waals surface area contributed by atoms with E-state index in [2.05, 4.69) is 10.1 Å². The third kappa shape index (κ3) is 4.13. The SMILES string of the molecule is CN(Cc1cccc(C(N)=O)c1)C(=O)c1csc(-c2cnn(-c3ccccc3)c2)n1. The fourth-order valence-corrected chi connectivity index (χ4v) is 3.79. The van der Waals surface area contributed by atoms with Gasteiger partial charge in [-0.3, -0.25) is 9.59 Å². The number of hydrogen-bond donors (Lipinski definition) is 1. The monoisotopic (exact) mass is 417 g/mol. The molecule has 0 bridgehead atoms. The summed E-state index contributed by atoms with van der Waals surface area (Å²) in [6.45, 7) is 0.346. The Kier molecular flexibility index (Phi) is 5.40. The zero-order valence-corrected chi connectivity index (χ0v) is 17.0. The van der Waals surface area contributed by atoms with Crippen LogP contribution in [0.1, 0.15) is 26.4 Å². The van der Waals surface area contributed by atoms with Crippen molar-refractivity contribution < 1.29 is 9.59 Å². The minimum absolute atomic E-state index is 0.197. The average molecular weight is 417 g/mol. The number of hydrogen-bond acceptors (Lipinski definition) is 5. The highest BCUT2D eigenvalue weighted by molar-refractivity contribution is 7.13. The van der Waals surface area contributed by atoms with Gasteiger partial charge in [-0.05, 0) is 29.8 Å². The lowest BCUT2D eigenvalue weighted by molar-refractivity contribution is 0.0780. The Bertz CT molecular complexity index is 1200. The van der Waals surface area contributed by atoms with Crippen LogP contribution < -0.4 is 5.73 Å². The topological polar surface area (TPSA) is 94.1 Å². The number of aromatic nitrogens is 3. The molecule has 2 amide bonds. The van der Waals surface area contributed by atoms with Gasteiger partial charge in [0.2, 0.25) is 5.91 Å². The van der Waals surface area contributed by atoms with Crippen molar-refractivity contribution in [2.75, 3.05) is 7.05 Å². The van der Waals surface area contributed by atoms with Crippen LogP contribution in [0.3, 0.4) is 0 Å². The summed E-state index contributed by atoms with van der Waals surface area (Å²) in [4.78, 5) is 30.2. The molecule has 0 radical (unpaired) electrons. The maximum Gasteiger partial charge on any atom is 0.273 e. The van der Waals surface area contributed by atoms with Gasteiger partial charge in [0.1, 0.15) is 10.7 Å². The van der Waals surface area contributed by atoms with Crippen LogP contribution in [0.15, 0.2) is 72.4 Å². The summed E-state index contributed by atoms with van der Waals surface area (Å²) in [5, 5.41) is 6.85. The molecule has 0 aliphatic carbocycles. The summed E-state index contributed by atoms with van der Waals surface area (Å²) in [5.41, 5.74) is 8.74. The van der Waals surface area contributed by atoms with Crippen LogP contribution in [0, 0.1) is 0 Å². The van der Waals surface area contributed by atoms with Crippen molar-refractivity contribution in [3.8, 4) is 16.3 Å². The van der Waals surface area contributed by atoms with E-state index in [9.17, 15) is 9.59 Å². The van der Waals surface area contributed by atoms with Crippen LogP contribution in [-0.4, -0.2) is 38.5 Å². The summed E-state index contributed by atoms with van der Waals surface area (Å²) in [5.74, 6) is -0.691. The normalized spacial score (nSPS) is 10.7. The van der Waals surface area contributed by atoms with Gasteiger partial charge in [0.25, 0.3) is 5.91 Å². The van der Waals surface area contributed by atoms with Gasteiger partial charge < -0.3 is 10.6 Å². The first kappa shape index (κ1) is 19.5. The lowest BCUT2D eigenvalue weighted by Gasteiger charge is -2.16. The van der Waals surface area contributed by atoms with Crippen LogP contribution >= 0.6 is 11.3 Å². The maximum atomic E-state index is 12.8. The minimum Gasteiger partial charge on any atom is -0.366 e. The molecule has 0 spiro atoms. The number of thiazole rings is 1. The van der Waals surface area contributed by atoms with E-state index in [0.29, 0.717) is 17.8 Å². The Morgan fingerprint density at radius 1 is 1.13 bits per heavy atom. The van der Waals surface area contributed by atoms with Crippen LogP contribution in [0.5, 0.6) is 0 Å². The van der Waals surface area contributed by atoms with Crippen molar-refractivity contribution in [3.63, 3.8) is 0 Å². The second kappa shape index (κ2) is 8.30. The first-order valence-electron chi connectivity index (χ1n) is 9.21. The van der Waals surface area contributed by atoms with Crippen molar-refractivity contribution in [1.29, 1.82) is 0 Å². The van der Waals surface area contributed by atoms with E-state index in [1.54, 1.807) is 46.4 Å². The first-order chi connectivity index (χ1) is 14.5. The van der Waals surface area contributed by atoms with E-state index < -0.39 is 5.91 Å². The summed E-state index contributed by atoms with van der Waals surface area (Å²) in [7, 11) is 1.70. The van der Waals surface area contributed by atoms with E-state index in [1.807, 2.05) is 42.6 Å². The van der Waals surface area contributed by atoms with Gasteiger partial charge in [0.15, 0.2) is 0 Å². The number of benzene rings is 2. The van der Waals surface area contributed by atoms with E-state index in [1.165, 1.54) is 11.3 Å². The predicted molar refractivity (Wildman–Crippen MR) is 115 cm³/mol. The molecule has 0 unspecified atom stereocenters. The Balaban J connectivity index is 1.48. The largest absolute Gasteiger partial charge is 0.366 e. The number of carbonyl (C=O) groups excluding carboxylic acids is 2. The van der Waals surface area contributed by atoms with Crippen LogP contribution in [0.25, 0.3) is 16.3 Å². The van der Waals surface area contributed by atoms with E-state index in [4.69, 9.17) is 5.73 Å². The molecule has 2 N–H and O–H groups in total. The highest BCUT2D eigenvalue weighted by atomic mass is 32.1. The minimum atomic E-state index is -0.494. The van der Waals surface area contributed by atoms with Gasteiger partial charge in [0, 0.05) is 36.3 Å². The number of carbonyl (C=O) groups is 2. The zero-order chi connectivity index (χ0) is 21.1. The second-order valence-corrected chi connectivity index (χ2v) is 7.63. The molecule has 4 aromatic rings. The molecule has 2 aromatic carbocycles. The Labute approximate surface area is 177 Å². The summed E-state index contributed by atoms with van der Waals surface area (Å²) in [6, 6.07) is 16.7.